The van der Waals surface area contributed by atoms with Gasteiger partial charge in [0.15, 0.2) is 5.03 Å². The molecular weight excluding hydrogens is 290 g/mol. The maximum absolute atomic E-state index is 12.2. The molecule has 0 saturated heterocycles. The molecule has 1 amide bonds. The highest BCUT2D eigenvalue weighted by Crippen LogP contribution is 2.59. The number of sulfonamides is 1. The molecule has 7 heteroatoms. The summed E-state index contributed by atoms with van der Waals surface area (Å²) in [6.45, 7) is 7.83. The first-order chi connectivity index (χ1) is 9.66. The second-order valence-corrected chi connectivity index (χ2v) is 7.71. The first-order valence-corrected chi connectivity index (χ1v) is 8.12. The Morgan fingerprint density at radius 1 is 1.33 bits per heavy atom. The van der Waals surface area contributed by atoms with Crippen molar-refractivity contribution < 1.29 is 13.2 Å². The van der Waals surface area contributed by atoms with Crippen LogP contribution in [0.5, 0.6) is 0 Å². The van der Waals surface area contributed by atoms with Gasteiger partial charge in [-0.2, -0.15) is 8.42 Å². The second-order valence-electron chi connectivity index (χ2n) is 6.08. The molecule has 2 unspecified atom stereocenters. The summed E-state index contributed by atoms with van der Waals surface area (Å²) in [5.41, 5.74) is 0.874. The number of allylic oxidation sites excluding steroid dienone is 2. The van der Waals surface area contributed by atoms with Crippen molar-refractivity contribution in [2.45, 2.75) is 32.7 Å². The second kappa shape index (κ2) is 5.22. The van der Waals surface area contributed by atoms with Crippen molar-refractivity contribution in [3.8, 4) is 0 Å². The predicted molar refractivity (Wildman–Crippen MR) is 77.6 cm³/mol. The molecule has 2 rings (SSSR count). The number of carbonyl (C=O) groups excluding carboxylic acids is 1. The fourth-order valence-electron chi connectivity index (χ4n) is 2.52. The third-order valence-corrected chi connectivity index (χ3v) is 4.99. The van der Waals surface area contributed by atoms with Crippen molar-refractivity contribution >= 4 is 15.9 Å². The molecule has 1 N–H and O–H groups in total. The molecule has 2 atom stereocenters. The minimum absolute atomic E-state index is 0.0551. The topological polar surface area (TPSA) is 89.0 Å². The summed E-state index contributed by atoms with van der Waals surface area (Å²) in [6, 6.07) is 0. The van der Waals surface area contributed by atoms with Gasteiger partial charge < -0.3 is 0 Å². The van der Waals surface area contributed by atoms with Gasteiger partial charge in [-0.15, -0.1) is 0 Å². The van der Waals surface area contributed by atoms with Crippen LogP contribution in [0.2, 0.25) is 0 Å². The van der Waals surface area contributed by atoms with Crippen LogP contribution in [0.3, 0.4) is 0 Å². The maximum atomic E-state index is 12.2. The Bertz CT molecular complexity index is 677. The van der Waals surface area contributed by atoms with Crippen LogP contribution in [0.1, 0.15) is 27.7 Å². The number of aromatic nitrogens is 2. The summed E-state index contributed by atoms with van der Waals surface area (Å²) in [5, 5.41) is -0.254. The summed E-state index contributed by atoms with van der Waals surface area (Å²) in [4.78, 5) is 19.6. The normalized spacial score (nSPS) is 23.2. The highest BCUT2D eigenvalue weighted by molar-refractivity contribution is 7.90. The van der Waals surface area contributed by atoms with E-state index in [9.17, 15) is 13.2 Å². The Morgan fingerprint density at radius 3 is 2.52 bits per heavy atom. The molecule has 1 aliphatic carbocycles. The smallest absolute Gasteiger partial charge is 0.274 e. The highest BCUT2D eigenvalue weighted by atomic mass is 32.2. The predicted octanol–water partition coefficient (Wildman–Crippen LogP) is 1.52. The molecule has 1 fully saturated rings. The number of hydrogen-bond acceptors (Lipinski definition) is 5. The van der Waals surface area contributed by atoms with Crippen LogP contribution in [0.15, 0.2) is 35.3 Å². The van der Waals surface area contributed by atoms with E-state index in [1.54, 1.807) is 0 Å². The molecule has 114 valence electrons. The first-order valence-electron chi connectivity index (χ1n) is 6.64. The van der Waals surface area contributed by atoms with Gasteiger partial charge in [0.05, 0.1) is 12.1 Å². The van der Waals surface area contributed by atoms with Crippen LogP contribution >= 0.6 is 0 Å². The lowest BCUT2D eigenvalue weighted by Gasteiger charge is -2.06. The Kier molecular flexibility index (Phi) is 3.88. The van der Waals surface area contributed by atoms with Gasteiger partial charge in [0.1, 0.15) is 0 Å². The number of nitrogens with one attached hydrogen (secondary N) is 1. The van der Waals surface area contributed by atoms with E-state index in [0.29, 0.717) is 0 Å². The zero-order valence-corrected chi connectivity index (χ0v) is 13.3. The van der Waals surface area contributed by atoms with Gasteiger partial charge in [0, 0.05) is 12.4 Å². The standard InChI is InChI=1S/C14H19N3O3S/c1-9(2)7-10-12(14(10,3)4)13(18)17-21(19,20)11-8-15-5-6-16-11/h5-8,10,12H,1-4H3,(H,17,18). The van der Waals surface area contributed by atoms with E-state index in [4.69, 9.17) is 0 Å². The van der Waals surface area contributed by atoms with Crippen molar-refractivity contribution in [1.29, 1.82) is 0 Å². The van der Waals surface area contributed by atoms with Crippen molar-refractivity contribution in [3.05, 3.63) is 30.2 Å². The number of rotatable bonds is 4. The molecule has 1 aliphatic rings. The van der Waals surface area contributed by atoms with Crippen LogP contribution in [-0.2, 0) is 14.8 Å². The van der Waals surface area contributed by atoms with E-state index in [2.05, 4.69) is 14.7 Å². The molecule has 6 nitrogen and oxygen atoms in total. The Labute approximate surface area is 124 Å². The van der Waals surface area contributed by atoms with Crippen LogP contribution in [-0.4, -0.2) is 24.3 Å². The molecule has 1 aromatic heterocycles. The summed E-state index contributed by atoms with van der Waals surface area (Å²) < 4.78 is 26.2. The zero-order chi connectivity index (χ0) is 15.8. The molecule has 1 aromatic rings. The summed E-state index contributed by atoms with van der Waals surface area (Å²) in [6.07, 6.45) is 5.77. The molecule has 1 saturated carbocycles. The monoisotopic (exact) mass is 309 g/mol. The third kappa shape index (κ3) is 3.12. The van der Waals surface area contributed by atoms with Crippen molar-refractivity contribution in [1.82, 2.24) is 14.7 Å². The largest absolute Gasteiger partial charge is 0.283 e. The minimum atomic E-state index is -3.96. The average Bonchev–Trinajstić information content (AvgIpc) is 2.90. The van der Waals surface area contributed by atoms with Gasteiger partial charge in [-0.25, -0.2) is 9.71 Å². The average molecular weight is 309 g/mol. The van der Waals surface area contributed by atoms with E-state index >= 15 is 0 Å². The molecule has 0 spiro atoms. The van der Waals surface area contributed by atoms with Gasteiger partial charge in [0.25, 0.3) is 10.0 Å². The molecule has 0 radical (unpaired) electrons. The van der Waals surface area contributed by atoms with E-state index < -0.39 is 15.9 Å². The van der Waals surface area contributed by atoms with Gasteiger partial charge in [-0.05, 0) is 25.2 Å². The van der Waals surface area contributed by atoms with Gasteiger partial charge in [0.2, 0.25) is 5.91 Å². The van der Waals surface area contributed by atoms with Gasteiger partial charge in [-0.3, -0.25) is 9.78 Å². The van der Waals surface area contributed by atoms with E-state index in [1.165, 1.54) is 12.4 Å². The summed E-state index contributed by atoms with van der Waals surface area (Å²) in [5.74, 6) is -0.786. The fourth-order valence-corrected chi connectivity index (χ4v) is 3.42. The molecule has 0 bridgehead atoms. The first kappa shape index (κ1) is 15.6. The van der Waals surface area contributed by atoms with Gasteiger partial charge >= 0.3 is 0 Å². The molecule has 21 heavy (non-hydrogen) atoms. The Morgan fingerprint density at radius 2 is 2.00 bits per heavy atom. The van der Waals surface area contributed by atoms with Crippen molar-refractivity contribution in [2.75, 3.05) is 0 Å². The van der Waals surface area contributed by atoms with Crippen LogP contribution in [0.4, 0.5) is 0 Å². The van der Waals surface area contributed by atoms with Crippen molar-refractivity contribution in [2.24, 2.45) is 17.3 Å². The molecule has 1 heterocycles. The molecular formula is C14H19N3O3S. The number of nitrogens with zero attached hydrogens (tertiary/aromatic N) is 2. The quantitative estimate of drug-likeness (QED) is 0.852. The van der Waals surface area contributed by atoms with E-state index in [-0.39, 0.29) is 22.3 Å². The minimum Gasteiger partial charge on any atom is -0.274 e. The Balaban J connectivity index is 2.15. The number of amides is 1. The Hall–Kier alpha value is -1.76. The van der Waals surface area contributed by atoms with Gasteiger partial charge in [-0.1, -0.05) is 25.5 Å². The summed E-state index contributed by atoms with van der Waals surface area (Å²) >= 11 is 0. The lowest BCUT2D eigenvalue weighted by molar-refractivity contribution is -0.121. The fraction of sp³-hybridized carbons (Fsp3) is 0.500. The number of hydrogen-bond donors (Lipinski definition) is 1. The summed E-state index contributed by atoms with van der Waals surface area (Å²) in [7, 11) is -3.96. The van der Waals surface area contributed by atoms with E-state index in [1.807, 2.05) is 33.8 Å². The van der Waals surface area contributed by atoms with Crippen LogP contribution in [0.25, 0.3) is 0 Å². The van der Waals surface area contributed by atoms with E-state index in [0.717, 1.165) is 11.8 Å². The third-order valence-electron chi connectivity index (χ3n) is 3.76. The van der Waals surface area contributed by atoms with Crippen molar-refractivity contribution in [3.63, 3.8) is 0 Å². The molecule has 0 aromatic carbocycles. The van der Waals surface area contributed by atoms with Crippen LogP contribution in [0, 0.1) is 17.3 Å². The number of carbonyl (C=O) groups is 1. The van der Waals surface area contributed by atoms with Crippen LogP contribution < -0.4 is 4.72 Å². The lowest BCUT2D eigenvalue weighted by Crippen LogP contribution is -2.33. The SMILES string of the molecule is CC(C)=CC1C(C(=O)NS(=O)(=O)c2cnccn2)C1(C)C. The lowest BCUT2D eigenvalue weighted by atomic mass is 10.1. The molecule has 0 aliphatic heterocycles. The maximum Gasteiger partial charge on any atom is 0.283 e. The zero-order valence-electron chi connectivity index (χ0n) is 12.5. The highest BCUT2D eigenvalue weighted by Gasteiger charge is 2.60.